The molecule has 7 nitrogen and oxygen atoms in total. The highest BCUT2D eigenvalue weighted by Gasteiger charge is 2.35. The number of benzene rings is 2. The Morgan fingerprint density at radius 3 is 2.40 bits per heavy atom. The number of amides is 1. The lowest BCUT2D eigenvalue weighted by Gasteiger charge is -2.19. The lowest BCUT2D eigenvalue weighted by Crippen LogP contribution is -3.13. The van der Waals surface area contributed by atoms with Gasteiger partial charge in [0.2, 0.25) is 0 Å². The predicted octanol–water partition coefficient (Wildman–Crippen LogP) is 1.58. The van der Waals surface area contributed by atoms with Gasteiger partial charge in [0.1, 0.15) is 12.4 Å². The molecule has 1 fully saturated rings. The summed E-state index contributed by atoms with van der Waals surface area (Å²) in [6.45, 7) is 0.485. The third-order valence-corrected chi connectivity index (χ3v) is 5.04. The van der Waals surface area contributed by atoms with Gasteiger partial charge >= 0.3 is 11.9 Å². The van der Waals surface area contributed by atoms with Gasteiger partial charge in [-0.15, -0.1) is 0 Å². The number of anilines is 1. The first-order valence-corrected chi connectivity index (χ1v) is 9.61. The second-order valence-corrected chi connectivity index (χ2v) is 7.17. The van der Waals surface area contributed by atoms with Crippen molar-refractivity contribution < 1.29 is 33.1 Å². The number of esters is 2. The Morgan fingerprint density at radius 2 is 1.77 bits per heavy atom. The maximum atomic E-state index is 14.0. The highest BCUT2D eigenvalue weighted by Crippen LogP contribution is 2.20. The van der Waals surface area contributed by atoms with Crippen LogP contribution in [0.2, 0.25) is 0 Å². The fourth-order valence-electron chi connectivity index (χ4n) is 3.31. The van der Waals surface area contributed by atoms with E-state index in [9.17, 15) is 18.8 Å². The standard InChI is InChI=1S/C22H23FN2O5/c1-29-21(27)14-7-10-17(22(28)30-2)19(11-14)24-20(26)13-25(16-8-9-16)12-15-5-3-4-6-18(15)23/h3-7,10-11,16H,8-9,12-13H2,1-2H3,(H,24,26)/p+1. The molecule has 2 aromatic rings. The third kappa shape index (κ3) is 5.21. The quantitative estimate of drug-likeness (QED) is 0.640. The van der Waals surface area contributed by atoms with Gasteiger partial charge in [0.05, 0.1) is 37.1 Å². The number of nitrogens with one attached hydrogen (secondary N) is 2. The lowest BCUT2D eigenvalue weighted by atomic mass is 10.1. The van der Waals surface area contributed by atoms with Gasteiger partial charge in [-0.2, -0.15) is 0 Å². The molecule has 158 valence electrons. The van der Waals surface area contributed by atoms with E-state index >= 15 is 0 Å². The van der Waals surface area contributed by atoms with Crippen molar-refractivity contribution in [1.82, 2.24) is 0 Å². The average molecular weight is 415 g/mol. The van der Waals surface area contributed by atoms with Crippen molar-refractivity contribution in [2.24, 2.45) is 0 Å². The van der Waals surface area contributed by atoms with Crippen molar-refractivity contribution in [3.8, 4) is 0 Å². The van der Waals surface area contributed by atoms with E-state index in [4.69, 9.17) is 9.47 Å². The maximum Gasteiger partial charge on any atom is 0.339 e. The molecule has 1 aliphatic carbocycles. The molecule has 0 bridgehead atoms. The minimum Gasteiger partial charge on any atom is -0.465 e. The van der Waals surface area contributed by atoms with Crippen molar-refractivity contribution in [2.75, 3.05) is 26.1 Å². The van der Waals surface area contributed by atoms with Crippen LogP contribution in [0.25, 0.3) is 0 Å². The van der Waals surface area contributed by atoms with E-state index in [0.717, 1.165) is 17.7 Å². The molecule has 0 aliphatic heterocycles. The van der Waals surface area contributed by atoms with Gasteiger partial charge < -0.3 is 19.7 Å². The summed E-state index contributed by atoms with van der Waals surface area (Å²) in [5.41, 5.74) is 1.03. The van der Waals surface area contributed by atoms with Crippen molar-refractivity contribution in [2.45, 2.75) is 25.4 Å². The van der Waals surface area contributed by atoms with E-state index < -0.39 is 11.9 Å². The fraction of sp³-hybridized carbons (Fsp3) is 0.318. The Kier molecular flexibility index (Phi) is 6.79. The minimum atomic E-state index is -0.639. The van der Waals surface area contributed by atoms with Gasteiger partial charge in [0.15, 0.2) is 6.54 Å². The van der Waals surface area contributed by atoms with E-state index in [2.05, 4.69) is 5.32 Å². The number of hydrogen-bond acceptors (Lipinski definition) is 5. The second-order valence-electron chi connectivity index (χ2n) is 7.17. The number of ether oxygens (including phenoxy) is 2. The summed E-state index contributed by atoms with van der Waals surface area (Å²) in [6, 6.07) is 11.0. The van der Waals surface area contributed by atoms with Gasteiger partial charge in [-0.05, 0) is 24.3 Å². The maximum absolute atomic E-state index is 14.0. The Morgan fingerprint density at radius 1 is 1.07 bits per heavy atom. The van der Waals surface area contributed by atoms with Crippen molar-refractivity contribution in [1.29, 1.82) is 0 Å². The zero-order chi connectivity index (χ0) is 21.7. The van der Waals surface area contributed by atoms with Crippen LogP contribution in [0.3, 0.4) is 0 Å². The number of carbonyl (C=O) groups is 3. The number of quaternary nitrogens is 1. The first-order valence-electron chi connectivity index (χ1n) is 9.61. The summed E-state index contributed by atoms with van der Waals surface area (Å²) in [4.78, 5) is 37.6. The van der Waals surface area contributed by atoms with E-state index in [1.54, 1.807) is 18.2 Å². The van der Waals surface area contributed by atoms with E-state index in [1.807, 2.05) is 0 Å². The van der Waals surface area contributed by atoms with Gasteiger partial charge in [0.25, 0.3) is 5.91 Å². The lowest BCUT2D eigenvalue weighted by molar-refractivity contribution is -0.917. The molecule has 1 atom stereocenters. The van der Waals surface area contributed by atoms with Crippen molar-refractivity contribution in [3.05, 3.63) is 65.0 Å². The molecule has 30 heavy (non-hydrogen) atoms. The van der Waals surface area contributed by atoms with Crippen LogP contribution in [-0.4, -0.2) is 44.7 Å². The van der Waals surface area contributed by atoms with Gasteiger partial charge in [0, 0.05) is 18.4 Å². The number of hydrogen-bond donors (Lipinski definition) is 2. The zero-order valence-corrected chi connectivity index (χ0v) is 16.9. The Labute approximate surface area is 173 Å². The van der Waals surface area contributed by atoms with Gasteiger partial charge in [-0.25, -0.2) is 14.0 Å². The van der Waals surface area contributed by atoms with Crippen LogP contribution in [0.1, 0.15) is 39.1 Å². The summed E-state index contributed by atoms with van der Waals surface area (Å²) < 4.78 is 23.5. The molecule has 1 amide bonds. The van der Waals surface area contributed by atoms with Crippen LogP contribution in [0.4, 0.5) is 10.1 Å². The second kappa shape index (κ2) is 9.49. The molecule has 0 spiro atoms. The number of halogens is 1. The monoisotopic (exact) mass is 415 g/mol. The third-order valence-electron chi connectivity index (χ3n) is 5.04. The fourth-order valence-corrected chi connectivity index (χ4v) is 3.31. The molecule has 1 saturated carbocycles. The van der Waals surface area contributed by atoms with Crippen molar-refractivity contribution in [3.63, 3.8) is 0 Å². The normalized spacial score (nSPS) is 14.0. The van der Waals surface area contributed by atoms with Gasteiger partial charge in [-0.3, -0.25) is 4.79 Å². The van der Waals surface area contributed by atoms with Crippen LogP contribution >= 0.6 is 0 Å². The summed E-state index contributed by atoms with van der Waals surface area (Å²) in [6.07, 6.45) is 1.95. The Bertz CT molecular complexity index is 958. The molecule has 0 aromatic heterocycles. The Hall–Kier alpha value is -3.26. The minimum absolute atomic E-state index is 0.0993. The molecule has 3 rings (SSSR count). The van der Waals surface area contributed by atoms with Crippen LogP contribution in [0.5, 0.6) is 0 Å². The molecule has 8 heteroatoms. The molecular weight excluding hydrogens is 391 g/mol. The topological polar surface area (TPSA) is 86.1 Å². The largest absolute Gasteiger partial charge is 0.465 e. The number of rotatable bonds is 8. The first-order chi connectivity index (χ1) is 14.4. The SMILES string of the molecule is COC(=O)c1ccc(C(=O)OC)c(NC(=O)C[NH+](Cc2ccccc2F)C2CC2)c1. The highest BCUT2D eigenvalue weighted by molar-refractivity contribution is 6.03. The number of methoxy groups -OCH3 is 2. The summed E-state index contributed by atoms with van der Waals surface area (Å²) >= 11 is 0. The molecule has 1 aliphatic rings. The highest BCUT2D eigenvalue weighted by atomic mass is 19.1. The average Bonchev–Trinajstić information content (AvgIpc) is 3.59. The zero-order valence-electron chi connectivity index (χ0n) is 16.9. The predicted molar refractivity (Wildman–Crippen MR) is 107 cm³/mol. The molecule has 2 aromatic carbocycles. The Balaban J connectivity index is 1.77. The van der Waals surface area contributed by atoms with Crippen LogP contribution < -0.4 is 10.2 Å². The molecule has 0 heterocycles. The van der Waals surface area contributed by atoms with Crippen LogP contribution in [0.15, 0.2) is 42.5 Å². The molecule has 2 N–H and O–H groups in total. The summed E-state index contributed by atoms with van der Waals surface area (Å²) in [5.74, 6) is -1.87. The van der Waals surface area contributed by atoms with Crippen LogP contribution in [-0.2, 0) is 20.8 Å². The van der Waals surface area contributed by atoms with Crippen molar-refractivity contribution >= 4 is 23.5 Å². The summed E-state index contributed by atoms with van der Waals surface area (Å²) in [5, 5.41) is 2.70. The number of carbonyl (C=O) groups excluding carboxylic acids is 3. The van der Waals surface area contributed by atoms with Crippen LogP contribution in [0, 0.1) is 5.82 Å². The first kappa shape index (κ1) is 21.4. The molecule has 0 saturated heterocycles. The smallest absolute Gasteiger partial charge is 0.339 e. The van der Waals surface area contributed by atoms with E-state index in [-0.39, 0.29) is 41.1 Å². The van der Waals surface area contributed by atoms with Gasteiger partial charge in [-0.1, -0.05) is 18.2 Å². The summed E-state index contributed by atoms with van der Waals surface area (Å²) in [7, 11) is 2.48. The van der Waals surface area contributed by atoms with E-state index in [0.29, 0.717) is 12.1 Å². The molecule has 1 unspecified atom stereocenters. The molecular formula is C22H24FN2O5+. The van der Waals surface area contributed by atoms with E-state index in [1.165, 1.54) is 38.5 Å². The molecule has 0 radical (unpaired) electrons.